The molecular formula is C19H22BrNO6. The fourth-order valence-electron chi connectivity index (χ4n) is 2.49. The van der Waals surface area contributed by atoms with E-state index >= 15 is 0 Å². The van der Waals surface area contributed by atoms with E-state index in [9.17, 15) is 4.79 Å². The van der Waals surface area contributed by atoms with Crippen molar-refractivity contribution in [3.63, 3.8) is 0 Å². The van der Waals surface area contributed by atoms with Crippen LogP contribution in [-0.2, 0) is 9.53 Å². The maximum atomic E-state index is 12.2. The van der Waals surface area contributed by atoms with Gasteiger partial charge in [0.1, 0.15) is 11.8 Å². The van der Waals surface area contributed by atoms with Crippen molar-refractivity contribution in [3.05, 3.63) is 46.8 Å². The molecule has 1 aromatic heterocycles. The number of furan rings is 1. The maximum Gasteiger partial charge on any atom is 0.335 e. The summed E-state index contributed by atoms with van der Waals surface area (Å²) >= 11 is 3.27. The Hall–Kier alpha value is -2.61. The van der Waals surface area contributed by atoms with Gasteiger partial charge >= 0.3 is 5.97 Å². The first-order valence-electron chi connectivity index (χ1n) is 8.12. The largest absolute Gasteiger partial charge is 0.493 e. The molecule has 0 aliphatic heterocycles. The van der Waals surface area contributed by atoms with Crippen molar-refractivity contribution in [1.29, 1.82) is 0 Å². The lowest BCUT2D eigenvalue weighted by Crippen LogP contribution is -2.20. The van der Waals surface area contributed by atoms with Crippen LogP contribution in [0.1, 0.15) is 18.7 Å². The van der Waals surface area contributed by atoms with Gasteiger partial charge in [-0.05, 0) is 35.0 Å². The number of carbonyl (C=O) groups excluding carboxylic acids is 1. The molecule has 7 nitrogen and oxygen atoms in total. The summed E-state index contributed by atoms with van der Waals surface area (Å²) in [4.78, 5) is 12.2. The van der Waals surface area contributed by atoms with Crippen molar-refractivity contribution in [3.8, 4) is 17.2 Å². The SMILES string of the molecule is C=C(C(=O)OCC)[C@@H](Nc1cc(OC)c(OC)c(OC)c1)c1ccc(Br)o1. The van der Waals surface area contributed by atoms with Crippen LogP contribution in [0, 0.1) is 0 Å². The van der Waals surface area contributed by atoms with Crippen LogP contribution in [-0.4, -0.2) is 33.9 Å². The van der Waals surface area contributed by atoms with E-state index in [4.69, 9.17) is 23.4 Å². The molecular weight excluding hydrogens is 418 g/mol. The third-order valence-electron chi connectivity index (χ3n) is 3.74. The van der Waals surface area contributed by atoms with E-state index in [1.54, 1.807) is 31.2 Å². The first-order chi connectivity index (χ1) is 12.9. The Balaban J connectivity index is 2.43. The average Bonchev–Trinajstić information content (AvgIpc) is 3.10. The smallest absolute Gasteiger partial charge is 0.335 e. The zero-order chi connectivity index (χ0) is 20.0. The van der Waals surface area contributed by atoms with Crippen molar-refractivity contribution in [1.82, 2.24) is 0 Å². The van der Waals surface area contributed by atoms with Crippen LogP contribution in [0.25, 0.3) is 0 Å². The lowest BCUT2D eigenvalue weighted by molar-refractivity contribution is -0.138. The summed E-state index contributed by atoms with van der Waals surface area (Å²) in [6, 6.07) is 6.27. The number of hydrogen-bond donors (Lipinski definition) is 1. The predicted octanol–water partition coefficient (Wildman–Crippen LogP) is 4.34. The summed E-state index contributed by atoms with van der Waals surface area (Å²) in [6.07, 6.45) is 0. The van der Waals surface area contributed by atoms with E-state index in [1.165, 1.54) is 21.3 Å². The molecule has 8 heteroatoms. The lowest BCUT2D eigenvalue weighted by Gasteiger charge is -2.21. The summed E-state index contributed by atoms with van der Waals surface area (Å²) < 4.78 is 27.3. The molecule has 0 amide bonds. The summed E-state index contributed by atoms with van der Waals surface area (Å²) in [6.45, 7) is 5.85. The highest BCUT2D eigenvalue weighted by Gasteiger charge is 2.26. The van der Waals surface area contributed by atoms with Gasteiger partial charge in [-0.3, -0.25) is 0 Å². The van der Waals surface area contributed by atoms with Gasteiger partial charge < -0.3 is 28.7 Å². The van der Waals surface area contributed by atoms with E-state index in [0.29, 0.717) is 33.4 Å². The van der Waals surface area contributed by atoms with Crippen molar-refractivity contribution in [2.24, 2.45) is 0 Å². The Kier molecular flexibility index (Phi) is 7.18. The van der Waals surface area contributed by atoms with E-state index in [2.05, 4.69) is 27.8 Å². The fraction of sp³-hybridized carbons (Fsp3) is 0.316. The van der Waals surface area contributed by atoms with Gasteiger partial charge in [0.2, 0.25) is 5.75 Å². The molecule has 0 bridgehead atoms. The van der Waals surface area contributed by atoms with Crippen LogP contribution in [0.2, 0.25) is 0 Å². The number of carbonyl (C=O) groups is 1. The molecule has 1 heterocycles. The van der Waals surface area contributed by atoms with Crippen LogP contribution < -0.4 is 19.5 Å². The molecule has 2 aromatic rings. The van der Waals surface area contributed by atoms with Crippen molar-refractivity contribution < 1.29 is 28.2 Å². The van der Waals surface area contributed by atoms with Gasteiger partial charge in [-0.1, -0.05) is 6.58 Å². The number of methoxy groups -OCH3 is 3. The van der Waals surface area contributed by atoms with Crippen LogP contribution in [0.5, 0.6) is 17.2 Å². The third kappa shape index (κ3) is 4.77. The lowest BCUT2D eigenvalue weighted by atomic mass is 10.1. The van der Waals surface area contributed by atoms with Gasteiger partial charge in [-0.15, -0.1) is 0 Å². The summed E-state index contributed by atoms with van der Waals surface area (Å²) in [5.41, 5.74) is 0.819. The van der Waals surface area contributed by atoms with E-state index in [-0.39, 0.29) is 12.2 Å². The summed E-state index contributed by atoms with van der Waals surface area (Å²) in [5, 5.41) is 3.22. The van der Waals surface area contributed by atoms with Gasteiger partial charge in [-0.2, -0.15) is 0 Å². The number of benzene rings is 1. The number of esters is 1. The minimum atomic E-state index is -0.654. The highest BCUT2D eigenvalue weighted by molar-refractivity contribution is 9.10. The molecule has 0 unspecified atom stereocenters. The molecule has 1 aromatic carbocycles. The summed E-state index contributed by atoms with van der Waals surface area (Å²) in [5.74, 6) is 1.39. The molecule has 0 saturated carbocycles. The minimum Gasteiger partial charge on any atom is -0.493 e. The molecule has 146 valence electrons. The number of ether oxygens (including phenoxy) is 4. The first-order valence-corrected chi connectivity index (χ1v) is 8.92. The van der Waals surface area contributed by atoms with E-state index in [1.807, 2.05) is 0 Å². The first kappa shape index (κ1) is 20.7. The topological polar surface area (TPSA) is 79.2 Å². The zero-order valence-corrected chi connectivity index (χ0v) is 17.2. The Bertz CT molecular complexity index is 791. The van der Waals surface area contributed by atoms with Gasteiger partial charge in [0, 0.05) is 17.8 Å². The van der Waals surface area contributed by atoms with E-state index in [0.717, 1.165) is 0 Å². The Morgan fingerprint density at radius 3 is 2.26 bits per heavy atom. The van der Waals surface area contributed by atoms with Crippen LogP contribution in [0.15, 0.2) is 45.5 Å². The molecule has 0 radical (unpaired) electrons. The number of halogens is 1. The molecule has 1 N–H and O–H groups in total. The Morgan fingerprint density at radius 2 is 1.81 bits per heavy atom. The normalized spacial score (nSPS) is 11.4. The minimum absolute atomic E-state index is 0.201. The Labute approximate surface area is 166 Å². The zero-order valence-electron chi connectivity index (χ0n) is 15.6. The molecule has 0 saturated heterocycles. The number of rotatable bonds is 9. The van der Waals surface area contributed by atoms with Crippen molar-refractivity contribution >= 4 is 27.6 Å². The molecule has 0 spiro atoms. The third-order valence-corrected chi connectivity index (χ3v) is 4.17. The number of anilines is 1. The predicted molar refractivity (Wildman–Crippen MR) is 105 cm³/mol. The second-order valence-corrected chi connectivity index (χ2v) is 6.16. The second-order valence-electron chi connectivity index (χ2n) is 5.38. The maximum absolute atomic E-state index is 12.2. The standard InChI is InChI=1S/C19H22BrNO6/c1-6-26-19(22)11(2)17(13-7-8-16(20)27-13)21-12-9-14(23-3)18(25-5)15(10-12)24-4/h7-10,17,21H,2,6H2,1,3-5H3/t17-/m1/s1. The quantitative estimate of drug-likeness (QED) is 0.459. The monoisotopic (exact) mass is 439 g/mol. The number of nitrogens with one attached hydrogen (secondary N) is 1. The molecule has 1 atom stereocenters. The molecule has 2 rings (SSSR count). The van der Waals surface area contributed by atoms with Crippen LogP contribution in [0.4, 0.5) is 5.69 Å². The highest BCUT2D eigenvalue weighted by Crippen LogP contribution is 2.41. The van der Waals surface area contributed by atoms with E-state index < -0.39 is 12.0 Å². The van der Waals surface area contributed by atoms with Crippen LogP contribution >= 0.6 is 15.9 Å². The number of hydrogen-bond acceptors (Lipinski definition) is 7. The molecule has 0 fully saturated rings. The fourth-order valence-corrected chi connectivity index (χ4v) is 2.81. The average molecular weight is 440 g/mol. The van der Waals surface area contributed by atoms with Crippen molar-refractivity contribution in [2.75, 3.05) is 33.3 Å². The molecule has 27 heavy (non-hydrogen) atoms. The van der Waals surface area contributed by atoms with Crippen molar-refractivity contribution in [2.45, 2.75) is 13.0 Å². The van der Waals surface area contributed by atoms with Crippen LogP contribution in [0.3, 0.4) is 0 Å². The molecule has 0 aliphatic rings. The van der Waals surface area contributed by atoms with Gasteiger partial charge in [0.15, 0.2) is 16.2 Å². The molecule has 0 aliphatic carbocycles. The highest BCUT2D eigenvalue weighted by atomic mass is 79.9. The van der Waals surface area contributed by atoms with Gasteiger partial charge in [0.05, 0.1) is 33.5 Å². The summed E-state index contributed by atoms with van der Waals surface area (Å²) in [7, 11) is 4.58. The second kappa shape index (κ2) is 9.36. The Morgan fingerprint density at radius 1 is 1.19 bits per heavy atom. The van der Waals surface area contributed by atoms with Gasteiger partial charge in [-0.25, -0.2) is 4.79 Å². The van der Waals surface area contributed by atoms with Gasteiger partial charge in [0.25, 0.3) is 0 Å².